The number of ether oxygens (including phenoxy) is 1. The van der Waals surface area contributed by atoms with Crippen molar-refractivity contribution in [3.63, 3.8) is 0 Å². The molecular weight excluding hydrogens is 575 g/mol. The van der Waals surface area contributed by atoms with Crippen LogP contribution in [0, 0.1) is 5.82 Å². The fraction of sp³-hybridized carbons (Fsp3) is 0.147. The number of nitrogens with zero attached hydrogens (tertiary/aromatic N) is 4. The van der Waals surface area contributed by atoms with E-state index in [1.54, 1.807) is 68.9 Å². The molecule has 45 heavy (non-hydrogen) atoms. The molecule has 5 aromatic rings. The maximum Gasteiger partial charge on any atom is 0.255 e. The number of nitrogens with one attached hydrogen (secondary N) is 2. The van der Waals surface area contributed by atoms with E-state index in [1.807, 2.05) is 30.3 Å². The molecule has 3 amide bonds. The van der Waals surface area contributed by atoms with E-state index in [2.05, 4.69) is 20.9 Å². The summed E-state index contributed by atoms with van der Waals surface area (Å²) in [4.78, 5) is 41.1. The standard InChI is InChI=1S/C34H31FN6O4/c1-40(26-15-17-27(45-2)18-16-26)34(44)30(19-23-9-4-3-5-10-23)36-32(42)22-41-21-31(38-39-41)28-13-6-7-14-29(28)37-33(43)24-11-8-12-25(35)20-24/h3-18,20-21,30H,19,22H2,1-2H3,(H,36,42)(H,37,43). The Hall–Kier alpha value is -5.84. The normalized spacial score (nSPS) is 11.4. The van der Waals surface area contributed by atoms with E-state index in [-0.39, 0.29) is 24.4 Å². The summed E-state index contributed by atoms with van der Waals surface area (Å²) in [5.74, 6) is -1.06. The zero-order valence-corrected chi connectivity index (χ0v) is 24.7. The highest BCUT2D eigenvalue weighted by Crippen LogP contribution is 2.26. The fourth-order valence-corrected chi connectivity index (χ4v) is 4.74. The average Bonchev–Trinajstić information content (AvgIpc) is 3.52. The lowest BCUT2D eigenvalue weighted by atomic mass is 10.0. The van der Waals surface area contributed by atoms with Crippen LogP contribution < -0.4 is 20.3 Å². The Kier molecular flexibility index (Phi) is 9.58. The predicted molar refractivity (Wildman–Crippen MR) is 168 cm³/mol. The lowest BCUT2D eigenvalue weighted by Crippen LogP contribution is -2.49. The van der Waals surface area contributed by atoms with E-state index < -0.39 is 23.7 Å². The summed E-state index contributed by atoms with van der Waals surface area (Å²) < 4.78 is 20.2. The highest BCUT2D eigenvalue weighted by molar-refractivity contribution is 6.06. The molecule has 0 spiro atoms. The number of para-hydroxylation sites is 1. The molecule has 0 radical (unpaired) electrons. The number of benzene rings is 4. The molecule has 1 unspecified atom stereocenters. The molecule has 0 aliphatic heterocycles. The van der Waals surface area contributed by atoms with Crippen LogP contribution in [0.1, 0.15) is 15.9 Å². The number of hydrogen-bond donors (Lipinski definition) is 2. The van der Waals surface area contributed by atoms with Gasteiger partial charge in [0.2, 0.25) is 11.8 Å². The molecule has 1 aromatic heterocycles. The van der Waals surface area contributed by atoms with Crippen molar-refractivity contribution in [1.82, 2.24) is 20.3 Å². The predicted octanol–water partition coefficient (Wildman–Crippen LogP) is 4.74. The molecule has 1 atom stereocenters. The summed E-state index contributed by atoms with van der Waals surface area (Å²) >= 11 is 0. The van der Waals surface area contributed by atoms with Gasteiger partial charge in [-0.25, -0.2) is 9.07 Å². The first-order valence-corrected chi connectivity index (χ1v) is 14.1. The minimum Gasteiger partial charge on any atom is -0.497 e. The number of halogens is 1. The molecule has 0 aliphatic carbocycles. The molecule has 0 saturated carbocycles. The monoisotopic (exact) mass is 606 g/mol. The van der Waals surface area contributed by atoms with Crippen molar-refractivity contribution in [3.05, 3.63) is 126 Å². The Balaban J connectivity index is 1.30. The lowest BCUT2D eigenvalue weighted by Gasteiger charge is -2.25. The first kappa shape index (κ1) is 30.6. The lowest BCUT2D eigenvalue weighted by molar-refractivity contribution is -0.127. The Morgan fingerprint density at radius 1 is 0.933 bits per heavy atom. The van der Waals surface area contributed by atoms with Crippen LogP contribution in [-0.4, -0.2) is 52.9 Å². The third-order valence-electron chi connectivity index (χ3n) is 7.09. The summed E-state index contributed by atoms with van der Waals surface area (Å²) in [5, 5.41) is 13.9. The van der Waals surface area contributed by atoms with Gasteiger partial charge in [0.25, 0.3) is 5.91 Å². The first-order chi connectivity index (χ1) is 21.8. The number of amides is 3. The number of methoxy groups -OCH3 is 1. The van der Waals surface area contributed by atoms with Gasteiger partial charge in [0.05, 0.1) is 19.0 Å². The van der Waals surface area contributed by atoms with Gasteiger partial charge in [-0.1, -0.05) is 59.8 Å². The van der Waals surface area contributed by atoms with Crippen LogP contribution >= 0.6 is 0 Å². The van der Waals surface area contributed by atoms with Crippen LogP contribution in [0.3, 0.4) is 0 Å². The smallest absolute Gasteiger partial charge is 0.255 e. The zero-order valence-electron chi connectivity index (χ0n) is 24.7. The van der Waals surface area contributed by atoms with Crippen LogP contribution in [-0.2, 0) is 22.6 Å². The van der Waals surface area contributed by atoms with Crippen LogP contribution in [0.25, 0.3) is 11.3 Å². The quantitative estimate of drug-likeness (QED) is 0.224. The minimum absolute atomic E-state index is 0.169. The summed E-state index contributed by atoms with van der Waals surface area (Å²) in [6.45, 7) is -0.199. The Labute approximate surface area is 259 Å². The number of carbonyl (C=O) groups is 3. The van der Waals surface area contributed by atoms with Gasteiger partial charge in [0.1, 0.15) is 29.8 Å². The number of anilines is 2. The van der Waals surface area contributed by atoms with Crippen LogP contribution in [0.4, 0.5) is 15.8 Å². The van der Waals surface area contributed by atoms with Gasteiger partial charge in [-0.05, 0) is 54.1 Å². The highest BCUT2D eigenvalue weighted by Gasteiger charge is 2.26. The van der Waals surface area contributed by atoms with Crippen LogP contribution in [0.5, 0.6) is 5.75 Å². The number of hydrogen-bond acceptors (Lipinski definition) is 6. The first-order valence-electron chi connectivity index (χ1n) is 14.1. The maximum atomic E-state index is 13.6. The van der Waals surface area contributed by atoms with Gasteiger partial charge >= 0.3 is 0 Å². The van der Waals surface area contributed by atoms with Crippen molar-refractivity contribution < 1.29 is 23.5 Å². The summed E-state index contributed by atoms with van der Waals surface area (Å²) in [6, 6.07) is 28.0. The van der Waals surface area contributed by atoms with Crippen molar-refractivity contribution in [2.24, 2.45) is 0 Å². The van der Waals surface area contributed by atoms with Gasteiger partial charge in [-0.2, -0.15) is 0 Å². The highest BCUT2D eigenvalue weighted by atomic mass is 19.1. The van der Waals surface area contributed by atoms with Gasteiger partial charge in [-0.15, -0.1) is 5.10 Å². The SMILES string of the molecule is COc1ccc(N(C)C(=O)C(Cc2ccccc2)NC(=O)Cn2cc(-c3ccccc3NC(=O)c3cccc(F)c3)nn2)cc1. The molecule has 11 heteroatoms. The number of likely N-dealkylation sites (N-methyl/N-ethyl adjacent to an activating group) is 1. The molecule has 228 valence electrons. The minimum atomic E-state index is -0.853. The third kappa shape index (κ3) is 7.77. The molecule has 10 nitrogen and oxygen atoms in total. The van der Waals surface area contributed by atoms with Crippen LogP contribution in [0.2, 0.25) is 0 Å². The second kappa shape index (κ2) is 14.1. The molecule has 4 aromatic carbocycles. The Bertz CT molecular complexity index is 1790. The summed E-state index contributed by atoms with van der Waals surface area (Å²) in [7, 11) is 3.22. The van der Waals surface area contributed by atoms with Crippen molar-refractivity contribution in [2.75, 3.05) is 24.4 Å². The van der Waals surface area contributed by atoms with Crippen LogP contribution in [0.15, 0.2) is 109 Å². The molecule has 0 bridgehead atoms. The topological polar surface area (TPSA) is 118 Å². The van der Waals surface area contributed by atoms with Gasteiger partial charge in [0.15, 0.2) is 0 Å². The summed E-state index contributed by atoms with van der Waals surface area (Å²) in [5.41, 5.74) is 3.12. The van der Waals surface area contributed by atoms with Crippen molar-refractivity contribution >= 4 is 29.1 Å². The average molecular weight is 607 g/mol. The van der Waals surface area contributed by atoms with E-state index in [0.29, 0.717) is 28.4 Å². The van der Waals surface area contributed by atoms with Crippen molar-refractivity contribution in [3.8, 4) is 17.0 Å². The van der Waals surface area contributed by atoms with Gasteiger partial charge in [0, 0.05) is 30.3 Å². The maximum absolute atomic E-state index is 13.6. The second-order valence-electron chi connectivity index (χ2n) is 10.2. The molecule has 5 rings (SSSR count). The third-order valence-corrected chi connectivity index (χ3v) is 7.09. The molecule has 0 aliphatic rings. The van der Waals surface area contributed by atoms with E-state index >= 15 is 0 Å². The largest absolute Gasteiger partial charge is 0.497 e. The van der Waals surface area contributed by atoms with Crippen molar-refractivity contribution in [1.29, 1.82) is 0 Å². The molecule has 0 saturated heterocycles. The molecular formula is C34H31FN6O4. The molecule has 0 fully saturated rings. The number of rotatable bonds is 11. The Morgan fingerprint density at radius 2 is 1.67 bits per heavy atom. The summed E-state index contributed by atoms with van der Waals surface area (Å²) in [6.07, 6.45) is 1.86. The number of aromatic nitrogens is 3. The van der Waals surface area contributed by atoms with Gasteiger partial charge < -0.3 is 20.3 Å². The van der Waals surface area contributed by atoms with E-state index in [9.17, 15) is 18.8 Å². The number of carbonyl (C=O) groups excluding carboxylic acids is 3. The van der Waals surface area contributed by atoms with Gasteiger partial charge in [-0.3, -0.25) is 14.4 Å². The van der Waals surface area contributed by atoms with E-state index in [4.69, 9.17) is 4.74 Å². The Morgan fingerprint density at radius 3 is 2.40 bits per heavy atom. The fourth-order valence-electron chi connectivity index (χ4n) is 4.74. The zero-order chi connectivity index (χ0) is 31.8. The van der Waals surface area contributed by atoms with Crippen molar-refractivity contribution in [2.45, 2.75) is 19.0 Å². The molecule has 2 N–H and O–H groups in total. The van der Waals surface area contributed by atoms with E-state index in [0.717, 1.165) is 11.6 Å². The van der Waals surface area contributed by atoms with E-state index in [1.165, 1.54) is 27.8 Å². The molecule has 1 heterocycles. The second-order valence-corrected chi connectivity index (χ2v) is 10.2.